The van der Waals surface area contributed by atoms with Gasteiger partial charge in [0.2, 0.25) is 0 Å². The lowest BCUT2D eigenvalue weighted by Crippen LogP contribution is -2.28. The van der Waals surface area contributed by atoms with E-state index >= 15 is 0 Å². The van der Waals surface area contributed by atoms with Gasteiger partial charge >= 0.3 is 6.18 Å². The van der Waals surface area contributed by atoms with E-state index in [0.717, 1.165) is 0 Å². The molecule has 15 heavy (non-hydrogen) atoms. The lowest BCUT2D eigenvalue weighted by Gasteiger charge is -2.20. The molecule has 0 bridgehead atoms. The minimum atomic E-state index is -4.46. The van der Waals surface area contributed by atoms with Crippen molar-refractivity contribution in [3.8, 4) is 5.75 Å². The highest BCUT2D eigenvalue weighted by Gasteiger charge is 2.41. The zero-order valence-corrected chi connectivity index (χ0v) is 9.14. The summed E-state index contributed by atoms with van der Waals surface area (Å²) >= 11 is 2.97. The number of rotatable bonds is 2. The van der Waals surface area contributed by atoms with Crippen molar-refractivity contribution in [3.05, 3.63) is 28.2 Å². The molecule has 0 radical (unpaired) electrons. The third-order valence-electron chi connectivity index (χ3n) is 2.01. The van der Waals surface area contributed by atoms with E-state index in [2.05, 4.69) is 15.9 Å². The van der Waals surface area contributed by atoms with Crippen LogP contribution in [0.4, 0.5) is 13.2 Å². The predicted octanol–water partition coefficient (Wildman–Crippen LogP) is 2.76. The quantitative estimate of drug-likeness (QED) is 0.877. The average Bonchev–Trinajstić information content (AvgIpc) is 2.09. The van der Waals surface area contributed by atoms with Crippen LogP contribution in [0.2, 0.25) is 0 Å². The van der Waals surface area contributed by atoms with Crippen LogP contribution in [0, 0.1) is 0 Å². The lowest BCUT2D eigenvalue weighted by atomic mass is 9.98. The van der Waals surface area contributed by atoms with Gasteiger partial charge in [-0.15, -0.1) is 0 Å². The van der Waals surface area contributed by atoms with Gasteiger partial charge in [-0.25, -0.2) is 0 Å². The smallest absolute Gasteiger partial charge is 0.397 e. The average molecular weight is 284 g/mol. The summed E-state index contributed by atoms with van der Waals surface area (Å²) in [5.74, 6) is -2.26. The van der Waals surface area contributed by atoms with E-state index in [4.69, 9.17) is 5.73 Å². The second kappa shape index (κ2) is 4.40. The van der Waals surface area contributed by atoms with E-state index in [1.165, 1.54) is 18.2 Å². The summed E-state index contributed by atoms with van der Waals surface area (Å²) < 4.78 is 37.9. The SMILES string of the molecule is NCC(c1c(O)cccc1Br)C(F)(F)F. The third kappa shape index (κ3) is 2.63. The van der Waals surface area contributed by atoms with Crippen molar-refractivity contribution in [1.29, 1.82) is 0 Å². The predicted molar refractivity (Wildman–Crippen MR) is 53.7 cm³/mol. The molecule has 1 rings (SSSR count). The van der Waals surface area contributed by atoms with E-state index in [9.17, 15) is 18.3 Å². The zero-order valence-electron chi connectivity index (χ0n) is 7.55. The molecular weight excluding hydrogens is 275 g/mol. The van der Waals surface area contributed by atoms with E-state index in [-0.39, 0.29) is 10.0 Å². The number of phenols is 1. The van der Waals surface area contributed by atoms with E-state index in [1.807, 2.05) is 0 Å². The van der Waals surface area contributed by atoms with Crippen molar-refractivity contribution < 1.29 is 18.3 Å². The first-order chi connectivity index (χ1) is 6.88. The molecule has 1 atom stereocenters. The van der Waals surface area contributed by atoms with Crippen LogP contribution < -0.4 is 5.73 Å². The Morgan fingerprint density at radius 1 is 1.40 bits per heavy atom. The van der Waals surface area contributed by atoms with Crippen molar-refractivity contribution in [3.63, 3.8) is 0 Å². The molecule has 0 saturated carbocycles. The van der Waals surface area contributed by atoms with Gasteiger partial charge in [-0.3, -0.25) is 0 Å². The minimum Gasteiger partial charge on any atom is -0.508 e. The molecule has 0 aliphatic heterocycles. The molecule has 0 aliphatic carbocycles. The van der Waals surface area contributed by atoms with E-state index in [0.29, 0.717) is 0 Å². The molecular formula is C9H9BrF3NO. The summed E-state index contributed by atoms with van der Waals surface area (Å²) in [5.41, 5.74) is 4.86. The standard InChI is InChI=1S/C9H9BrF3NO/c10-6-2-1-3-7(15)8(6)5(4-14)9(11,12)13/h1-3,5,15H,4,14H2. The van der Waals surface area contributed by atoms with Gasteiger partial charge in [-0.2, -0.15) is 13.2 Å². The molecule has 0 aromatic heterocycles. The first-order valence-electron chi connectivity index (χ1n) is 4.12. The number of halogens is 4. The molecule has 1 aromatic carbocycles. The Bertz CT molecular complexity index is 333. The van der Waals surface area contributed by atoms with Gasteiger partial charge in [0.25, 0.3) is 0 Å². The van der Waals surface area contributed by atoms with Crippen molar-refractivity contribution in [2.24, 2.45) is 5.73 Å². The summed E-state index contributed by atoms with van der Waals surface area (Å²) in [6, 6.07) is 4.09. The van der Waals surface area contributed by atoms with Crippen molar-refractivity contribution >= 4 is 15.9 Å². The Morgan fingerprint density at radius 2 is 2.00 bits per heavy atom. The van der Waals surface area contributed by atoms with Gasteiger partial charge in [0.15, 0.2) is 0 Å². The maximum Gasteiger partial charge on any atom is 0.397 e. The fourth-order valence-electron chi connectivity index (χ4n) is 1.29. The Balaban J connectivity index is 3.24. The Labute approximate surface area is 93.0 Å². The van der Waals surface area contributed by atoms with Crippen LogP contribution in [0.15, 0.2) is 22.7 Å². The lowest BCUT2D eigenvalue weighted by molar-refractivity contribution is -0.148. The van der Waals surface area contributed by atoms with E-state index in [1.54, 1.807) is 0 Å². The number of aromatic hydroxyl groups is 1. The molecule has 0 fully saturated rings. The van der Waals surface area contributed by atoms with Crippen molar-refractivity contribution in [2.45, 2.75) is 12.1 Å². The van der Waals surface area contributed by atoms with E-state index < -0.39 is 24.4 Å². The minimum absolute atomic E-state index is 0.204. The highest BCUT2D eigenvalue weighted by atomic mass is 79.9. The Hall–Kier alpha value is -0.750. The van der Waals surface area contributed by atoms with Crippen LogP contribution >= 0.6 is 15.9 Å². The molecule has 0 heterocycles. The normalized spacial score (nSPS) is 13.9. The summed E-state index contributed by atoms with van der Waals surface area (Å²) in [5, 5.41) is 9.37. The Morgan fingerprint density at radius 3 is 2.40 bits per heavy atom. The number of benzene rings is 1. The molecule has 0 spiro atoms. The molecule has 1 aromatic rings. The maximum atomic E-state index is 12.6. The molecule has 0 aliphatic rings. The third-order valence-corrected chi connectivity index (χ3v) is 2.70. The first-order valence-corrected chi connectivity index (χ1v) is 4.91. The maximum absolute atomic E-state index is 12.6. The zero-order chi connectivity index (χ0) is 11.6. The Kier molecular flexibility index (Phi) is 3.62. The van der Waals surface area contributed by atoms with Gasteiger partial charge in [0.1, 0.15) is 5.75 Å². The molecule has 2 nitrogen and oxygen atoms in total. The fourth-order valence-corrected chi connectivity index (χ4v) is 1.92. The number of alkyl halides is 3. The van der Waals surface area contributed by atoms with Gasteiger partial charge in [-0.05, 0) is 12.1 Å². The fraction of sp³-hybridized carbons (Fsp3) is 0.333. The van der Waals surface area contributed by atoms with Crippen LogP contribution in [-0.4, -0.2) is 17.8 Å². The molecule has 1 unspecified atom stereocenters. The first kappa shape index (κ1) is 12.3. The van der Waals surface area contributed by atoms with Crippen molar-refractivity contribution in [2.75, 3.05) is 6.54 Å². The van der Waals surface area contributed by atoms with Gasteiger partial charge in [0, 0.05) is 16.6 Å². The van der Waals surface area contributed by atoms with Gasteiger partial charge in [-0.1, -0.05) is 22.0 Å². The van der Waals surface area contributed by atoms with Crippen LogP contribution in [0.3, 0.4) is 0 Å². The summed E-state index contributed by atoms with van der Waals surface area (Å²) in [4.78, 5) is 0. The van der Waals surface area contributed by atoms with Crippen LogP contribution in [0.25, 0.3) is 0 Å². The summed E-state index contributed by atoms with van der Waals surface area (Å²) in [7, 11) is 0. The molecule has 3 N–H and O–H groups in total. The van der Waals surface area contributed by atoms with Crippen LogP contribution in [0.1, 0.15) is 11.5 Å². The summed E-state index contributed by atoms with van der Waals surface area (Å²) in [6.45, 7) is -0.598. The number of phenolic OH excluding ortho intramolecular Hbond substituents is 1. The molecule has 6 heteroatoms. The number of hydrogen-bond acceptors (Lipinski definition) is 2. The molecule has 0 amide bonds. The number of nitrogens with two attached hydrogens (primary N) is 1. The monoisotopic (exact) mass is 283 g/mol. The highest BCUT2D eigenvalue weighted by Crippen LogP contribution is 2.41. The molecule has 84 valence electrons. The number of hydrogen-bond donors (Lipinski definition) is 2. The van der Waals surface area contributed by atoms with Crippen LogP contribution in [0.5, 0.6) is 5.75 Å². The summed E-state index contributed by atoms with van der Waals surface area (Å²) in [6.07, 6.45) is -4.46. The molecule has 0 saturated heterocycles. The van der Waals surface area contributed by atoms with Crippen molar-refractivity contribution in [1.82, 2.24) is 0 Å². The topological polar surface area (TPSA) is 46.2 Å². The van der Waals surface area contributed by atoms with Gasteiger partial charge in [0.05, 0.1) is 5.92 Å². The largest absolute Gasteiger partial charge is 0.508 e. The second-order valence-electron chi connectivity index (χ2n) is 3.00. The highest BCUT2D eigenvalue weighted by molar-refractivity contribution is 9.10. The van der Waals surface area contributed by atoms with Crippen LogP contribution in [-0.2, 0) is 0 Å². The van der Waals surface area contributed by atoms with Gasteiger partial charge < -0.3 is 10.8 Å². The second-order valence-corrected chi connectivity index (χ2v) is 3.86.